The molecule has 3 atom stereocenters. The molecular formula is C15H31NO2. The second-order valence-electron chi connectivity index (χ2n) is 5.66. The van der Waals surface area contributed by atoms with Gasteiger partial charge in [-0.1, -0.05) is 13.8 Å². The van der Waals surface area contributed by atoms with Crippen molar-refractivity contribution in [2.75, 3.05) is 26.9 Å². The molecule has 1 saturated heterocycles. The molecule has 3 unspecified atom stereocenters. The smallest absolute Gasteiger partial charge is 0.0576 e. The first-order valence-corrected chi connectivity index (χ1v) is 7.60. The minimum Gasteiger partial charge on any atom is -0.384 e. The summed E-state index contributed by atoms with van der Waals surface area (Å²) >= 11 is 0. The van der Waals surface area contributed by atoms with Crippen molar-refractivity contribution in [2.45, 2.75) is 64.5 Å². The van der Waals surface area contributed by atoms with E-state index in [1.54, 1.807) is 7.11 Å². The molecule has 18 heavy (non-hydrogen) atoms. The van der Waals surface area contributed by atoms with Gasteiger partial charge in [0.15, 0.2) is 0 Å². The third-order valence-electron chi connectivity index (χ3n) is 3.68. The van der Waals surface area contributed by atoms with Gasteiger partial charge < -0.3 is 14.8 Å². The van der Waals surface area contributed by atoms with Crippen molar-refractivity contribution in [2.24, 2.45) is 5.92 Å². The Hall–Kier alpha value is -0.120. The maximum atomic E-state index is 5.71. The zero-order valence-corrected chi connectivity index (χ0v) is 12.4. The summed E-state index contributed by atoms with van der Waals surface area (Å²) in [5.74, 6) is 0.633. The van der Waals surface area contributed by atoms with Crippen LogP contribution in [0.1, 0.15) is 52.4 Å². The Labute approximate surface area is 113 Å². The van der Waals surface area contributed by atoms with Gasteiger partial charge in [0.2, 0.25) is 0 Å². The third kappa shape index (κ3) is 6.72. The number of nitrogens with one attached hydrogen (secondary N) is 1. The molecule has 0 aromatic heterocycles. The summed E-state index contributed by atoms with van der Waals surface area (Å²) in [4.78, 5) is 0. The van der Waals surface area contributed by atoms with E-state index in [9.17, 15) is 0 Å². The molecule has 1 aliphatic heterocycles. The van der Waals surface area contributed by atoms with Crippen molar-refractivity contribution >= 4 is 0 Å². The molecule has 0 bridgehead atoms. The van der Waals surface area contributed by atoms with E-state index in [2.05, 4.69) is 19.2 Å². The molecule has 0 spiro atoms. The van der Waals surface area contributed by atoms with Gasteiger partial charge in [-0.2, -0.15) is 0 Å². The van der Waals surface area contributed by atoms with Gasteiger partial charge in [-0.25, -0.2) is 0 Å². The molecule has 1 aliphatic rings. The molecule has 0 amide bonds. The van der Waals surface area contributed by atoms with Crippen LogP contribution in [-0.4, -0.2) is 39.0 Å². The summed E-state index contributed by atoms with van der Waals surface area (Å²) in [6.07, 6.45) is 7.88. The summed E-state index contributed by atoms with van der Waals surface area (Å²) in [6.45, 7) is 7.46. The summed E-state index contributed by atoms with van der Waals surface area (Å²) in [6, 6.07) is 0.624. The second kappa shape index (κ2) is 9.76. The summed E-state index contributed by atoms with van der Waals surface area (Å²) in [5, 5.41) is 3.67. The average Bonchev–Trinajstić information content (AvgIpc) is 2.86. The first kappa shape index (κ1) is 15.9. The standard InChI is InChI=1S/C15H31NO2/c1-4-9-16-14(11-13(2)12-17-3)7-8-15-6-5-10-18-15/h13-16H,4-12H2,1-3H3. The van der Waals surface area contributed by atoms with Crippen LogP contribution >= 0.6 is 0 Å². The molecule has 3 heteroatoms. The number of hydrogen-bond donors (Lipinski definition) is 1. The third-order valence-corrected chi connectivity index (χ3v) is 3.68. The van der Waals surface area contributed by atoms with E-state index in [0.29, 0.717) is 18.1 Å². The van der Waals surface area contributed by atoms with E-state index in [1.165, 1.54) is 38.5 Å². The van der Waals surface area contributed by atoms with Crippen LogP contribution in [0.15, 0.2) is 0 Å². The Balaban J connectivity index is 2.24. The summed E-state index contributed by atoms with van der Waals surface area (Å²) in [7, 11) is 1.79. The molecule has 1 N–H and O–H groups in total. The van der Waals surface area contributed by atoms with Crippen molar-refractivity contribution in [1.29, 1.82) is 0 Å². The quantitative estimate of drug-likeness (QED) is 0.652. The van der Waals surface area contributed by atoms with Gasteiger partial charge >= 0.3 is 0 Å². The molecule has 0 radical (unpaired) electrons. The highest BCUT2D eigenvalue weighted by Gasteiger charge is 2.19. The monoisotopic (exact) mass is 257 g/mol. The zero-order chi connectivity index (χ0) is 13.2. The van der Waals surface area contributed by atoms with E-state index in [0.717, 1.165) is 19.8 Å². The Morgan fingerprint density at radius 2 is 2.28 bits per heavy atom. The minimum atomic E-state index is 0.522. The maximum Gasteiger partial charge on any atom is 0.0576 e. The lowest BCUT2D eigenvalue weighted by Crippen LogP contribution is -2.33. The fourth-order valence-electron chi connectivity index (χ4n) is 2.75. The van der Waals surface area contributed by atoms with Gasteiger partial charge in [-0.05, 0) is 51.0 Å². The molecular weight excluding hydrogens is 226 g/mol. The van der Waals surface area contributed by atoms with Crippen molar-refractivity contribution in [1.82, 2.24) is 5.32 Å². The highest BCUT2D eigenvalue weighted by Crippen LogP contribution is 2.20. The number of ether oxygens (including phenoxy) is 2. The van der Waals surface area contributed by atoms with Gasteiger partial charge in [0.25, 0.3) is 0 Å². The maximum absolute atomic E-state index is 5.71. The highest BCUT2D eigenvalue weighted by atomic mass is 16.5. The van der Waals surface area contributed by atoms with Gasteiger partial charge in [0.05, 0.1) is 6.10 Å². The second-order valence-corrected chi connectivity index (χ2v) is 5.66. The largest absolute Gasteiger partial charge is 0.384 e. The predicted octanol–water partition coefficient (Wildman–Crippen LogP) is 2.99. The van der Waals surface area contributed by atoms with Crippen LogP contribution in [0.3, 0.4) is 0 Å². The van der Waals surface area contributed by atoms with Gasteiger partial charge in [-0.3, -0.25) is 0 Å². The Morgan fingerprint density at radius 3 is 2.89 bits per heavy atom. The first-order chi connectivity index (χ1) is 8.76. The van der Waals surface area contributed by atoms with Crippen molar-refractivity contribution in [3.63, 3.8) is 0 Å². The SMILES string of the molecule is CCCNC(CCC1CCCO1)CC(C)COC. The van der Waals surface area contributed by atoms with E-state index < -0.39 is 0 Å². The molecule has 1 rings (SSSR count). The van der Waals surface area contributed by atoms with Gasteiger partial charge in [0, 0.05) is 26.4 Å². The van der Waals surface area contributed by atoms with E-state index in [1.807, 2.05) is 0 Å². The fraction of sp³-hybridized carbons (Fsp3) is 1.00. The molecule has 0 aliphatic carbocycles. The van der Waals surface area contributed by atoms with Crippen molar-refractivity contribution < 1.29 is 9.47 Å². The lowest BCUT2D eigenvalue weighted by atomic mass is 9.97. The zero-order valence-electron chi connectivity index (χ0n) is 12.4. The minimum absolute atomic E-state index is 0.522. The van der Waals surface area contributed by atoms with Crippen LogP contribution in [0.25, 0.3) is 0 Å². The molecule has 0 aromatic carbocycles. The van der Waals surface area contributed by atoms with Crippen LogP contribution in [0, 0.1) is 5.92 Å². The van der Waals surface area contributed by atoms with Crippen LogP contribution in [0.4, 0.5) is 0 Å². The Bertz CT molecular complexity index is 193. The number of methoxy groups -OCH3 is 1. The lowest BCUT2D eigenvalue weighted by Gasteiger charge is -2.23. The lowest BCUT2D eigenvalue weighted by molar-refractivity contribution is 0.0968. The topological polar surface area (TPSA) is 30.5 Å². The van der Waals surface area contributed by atoms with Crippen molar-refractivity contribution in [3.8, 4) is 0 Å². The molecule has 1 heterocycles. The molecule has 3 nitrogen and oxygen atoms in total. The first-order valence-electron chi connectivity index (χ1n) is 7.60. The Morgan fingerprint density at radius 1 is 1.44 bits per heavy atom. The van der Waals surface area contributed by atoms with Crippen LogP contribution in [0.5, 0.6) is 0 Å². The van der Waals surface area contributed by atoms with Crippen LogP contribution < -0.4 is 5.32 Å². The van der Waals surface area contributed by atoms with E-state index in [-0.39, 0.29) is 0 Å². The summed E-state index contributed by atoms with van der Waals surface area (Å²) < 4.78 is 10.9. The van der Waals surface area contributed by atoms with E-state index in [4.69, 9.17) is 9.47 Å². The number of hydrogen-bond acceptors (Lipinski definition) is 3. The highest BCUT2D eigenvalue weighted by molar-refractivity contribution is 4.74. The van der Waals surface area contributed by atoms with Crippen LogP contribution in [0.2, 0.25) is 0 Å². The fourth-order valence-corrected chi connectivity index (χ4v) is 2.75. The average molecular weight is 257 g/mol. The summed E-state index contributed by atoms with van der Waals surface area (Å²) in [5.41, 5.74) is 0. The molecule has 108 valence electrons. The van der Waals surface area contributed by atoms with E-state index >= 15 is 0 Å². The number of rotatable bonds is 10. The molecule has 1 fully saturated rings. The van der Waals surface area contributed by atoms with Crippen molar-refractivity contribution in [3.05, 3.63) is 0 Å². The van der Waals surface area contributed by atoms with Crippen LogP contribution in [-0.2, 0) is 9.47 Å². The normalized spacial score (nSPS) is 23.2. The molecule has 0 aromatic rings. The predicted molar refractivity (Wildman–Crippen MR) is 75.9 cm³/mol. The van der Waals surface area contributed by atoms with Gasteiger partial charge in [0.1, 0.15) is 0 Å². The Kier molecular flexibility index (Phi) is 8.64. The molecule has 0 saturated carbocycles. The van der Waals surface area contributed by atoms with Gasteiger partial charge in [-0.15, -0.1) is 0 Å².